The third-order valence-corrected chi connectivity index (χ3v) is 5.45. The number of benzene rings is 3. The normalized spacial score (nSPS) is 14.2. The van der Waals surface area contributed by atoms with Gasteiger partial charge in [-0.25, -0.2) is 0 Å². The van der Waals surface area contributed by atoms with Crippen LogP contribution in [0.1, 0.15) is 15.9 Å². The van der Waals surface area contributed by atoms with E-state index in [1.54, 1.807) is 30.3 Å². The summed E-state index contributed by atoms with van der Waals surface area (Å²) in [6.45, 7) is 3.21. The molecule has 0 saturated carbocycles. The number of carbonyl (C=O) groups is 1. The van der Waals surface area contributed by atoms with Gasteiger partial charge in [-0.05, 0) is 54.1 Å². The summed E-state index contributed by atoms with van der Waals surface area (Å²) in [5.74, 6) is -0.263. The molecule has 8 heteroatoms. The zero-order chi connectivity index (χ0) is 23.3. The molecule has 0 bridgehead atoms. The fraction of sp³-hybridized carbons (Fsp3) is 0.240. The van der Waals surface area contributed by atoms with Crippen molar-refractivity contribution in [3.8, 4) is 5.75 Å². The third-order valence-electron chi connectivity index (χ3n) is 5.45. The Bertz CT molecular complexity index is 1060. The number of rotatable bonds is 6. The molecule has 1 fully saturated rings. The molecule has 1 amide bonds. The van der Waals surface area contributed by atoms with E-state index in [-0.39, 0.29) is 11.7 Å². The zero-order valence-corrected chi connectivity index (χ0v) is 17.9. The summed E-state index contributed by atoms with van der Waals surface area (Å²) in [5, 5.41) is 3.15. The van der Waals surface area contributed by atoms with Gasteiger partial charge >= 0.3 is 6.36 Å². The van der Waals surface area contributed by atoms with Gasteiger partial charge in [-0.15, -0.1) is 13.2 Å². The maximum absolute atomic E-state index is 12.9. The number of alkyl halides is 3. The smallest absolute Gasteiger partial charge is 0.406 e. The van der Waals surface area contributed by atoms with E-state index in [2.05, 4.69) is 27.1 Å². The van der Waals surface area contributed by atoms with Crippen molar-refractivity contribution in [3.63, 3.8) is 0 Å². The van der Waals surface area contributed by atoms with Crippen molar-refractivity contribution in [2.45, 2.75) is 12.9 Å². The number of anilines is 2. The highest BCUT2D eigenvalue weighted by Crippen LogP contribution is 2.24. The van der Waals surface area contributed by atoms with Gasteiger partial charge in [-0.2, -0.15) is 0 Å². The highest BCUT2D eigenvalue weighted by molar-refractivity contribution is 5.94. The second-order valence-electron chi connectivity index (χ2n) is 7.74. The van der Waals surface area contributed by atoms with Gasteiger partial charge in [0.25, 0.3) is 5.91 Å². The van der Waals surface area contributed by atoms with Crippen LogP contribution < -0.4 is 15.0 Å². The molecule has 1 aliphatic rings. The first-order valence-electron chi connectivity index (χ1n) is 10.7. The van der Waals surface area contributed by atoms with Crippen LogP contribution in [0.15, 0.2) is 78.9 Å². The molecule has 1 saturated heterocycles. The number of nitrogens with one attached hydrogen (secondary N) is 1. The Morgan fingerprint density at radius 3 is 2.24 bits per heavy atom. The predicted octanol–water partition coefficient (Wildman–Crippen LogP) is 5.16. The fourth-order valence-corrected chi connectivity index (χ4v) is 3.78. The van der Waals surface area contributed by atoms with E-state index >= 15 is 0 Å². The summed E-state index contributed by atoms with van der Waals surface area (Å²) in [7, 11) is 0. The summed E-state index contributed by atoms with van der Waals surface area (Å²) in [6.07, 6.45) is -4.72. The minimum atomic E-state index is -4.72. The summed E-state index contributed by atoms with van der Waals surface area (Å²) in [4.78, 5) is 17.0. The molecule has 3 aromatic carbocycles. The largest absolute Gasteiger partial charge is 0.573 e. The molecule has 0 spiro atoms. The van der Waals surface area contributed by atoms with Crippen LogP contribution in [-0.2, 0) is 6.54 Å². The molecular weight excluding hydrogens is 431 g/mol. The summed E-state index contributed by atoms with van der Waals surface area (Å²) < 4.78 is 41.1. The van der Waals surface area contributed by atoms with Crippen molar-refractivity contribution < 1.29 is 22.7 Å². The predicted molar refractivity (Wildman–Crippen MR) is 121 cm³/mol. The van der Waals surface area contributed by atoms with Gasteiger partial charge in [-0.3, -0.25) is 4.79 Å². The lowest BCUT2D eigenvalue weighted by Gasteiger charge is -2.36. The lowest BCUT2D eigenvalue weighted by atomic mass is 10.1. The Labute approximate surface area is 190 Å². The summed E-state index contributed by atoms with van der Waals surface area (Å²) in [5.41, 5.74) is 3.18. The van der Waals surface area contributed by atoms with Crippen LogP contribution in [0.4, 0.5) is 24.5 Å². The Morgan fingerprint density at radius 2 is 1.58 bits per heavy atom. The molecular formula is C25H24F3N3O2. The van der Waals surface area contributed by atoms with E-state index in [9.17, 15) is 18.0 Å². The number of hydrogen-bond donors (Lipinski definition) is 1. The second-order valence-corrected chi connectivity index (χ2v) is 7.74. The standard InChI is InChI=1S/C25H24F3N3O2/c26-25(27,28)33-23-8-4-5-19(17-23)18-29-21-11-9-20(10-12-21)24(32)31-15-13-30(14-16-31)22-6-2-1-3-7-22/h1-12,17,29H,13-16,18H2. The van der Waals surface area contributed by atoms with E-state index in [0.717, 1.165) is 24.5 Å². The van der Waals surface area contributed by atoms with Gasteiger partial charge < -0.3 is 19.9 Å². The first-order chi connectivity index (χ1) is 15.9. The van der Waals surface area contributed by atoms with E-state index < -0.39 is 6.36 Å². The molecule has 3 aromatic rings. The first kappa shape index (κ1) is 22.5. The van der Waals surface area contributed by atoms with Crippen LogP contribution >= 0.6 is 0 Å². The second kappa shape index (κ2) is 9.85. The molecule has 33 heavy (non-hydrogen) atoms. The lowest BCUT2D eigenvalue weighted by molar-refractivity contribution is -0.274. The molecule has 0 radical (unpaired) electrons. The summed E-state index contributed by atoms with van der Waals surface area (Å²) in [6, 6.07) is 23.1. The highest BCUT2D eigenvalue weighted by atomic mass is 19.4. The fourth-order valence-electron chi connectivity index (χ4n) is 3.78. The zero-order valence-electron chi connectivity index (χ0n) is 17.9. The Kier molecular flexibility index (Phi) is 6.72. The topological polar surface area (TPSA) is 44.8 Å². The number of para-hydroxylation sites is 1. The Balaban J connectivity index is 1.30. The van der Waals surface area contributed by atoms with Gasteiger partial charge in [-0.1, -0.05) is 30.3 Å². The van der Waals surface area contributed by atoms with Gasteiger partial charge in [0.05, 0.1) is 0 Å². The molecule has 1 aliphatic heterocycles. The minimum Gasteiger partial charge on any atom is -0.406 e. The number of hydrogen-bond acceptors (Lipinski definition) is 4. The highest BCUT2D eigenvalue weighted by Gasteiger charge is 2.31. The molecule has 0 aromatic heterocycles. The van der Waals surface area contributed by atoms with Crippen molar-refractivity contribution in [2.75, 3.05) is 36.4 Å². The summed E-state index contributed by atoms with van der Waals surface area (Å²) >= 11 is 0. The van der Waals surface area contributed by atoms with Crippen molar-refractivity contribution in [3.05, 3.63) is 90.0 Å². The molecule has 0 unspecified atom stereocenters. The van der Waals surface area contributed by atoms with Crippen molar-refractivity contribution in [1.29, 1.82) is 0 Å². The van der Waals surface area contributed by atoms with Gasteiger partial charge in [0.2, 0.25) is 0 Å². The maximum Gasteiger partial charge on any atom is 0.573 e. The van der Waals surface area contributed by atoms with Crippen LogP contribution in [0.25, 0.3) is 0 Å². The van der Waals surface area contributed by atoms with Crippen LogP contribution in [0, 0.1) is 0 Å². The van der Waals surface area contributed by atoms with Crippen LogP contribution in [0.2, 0.25) is 0 Å². The third kappa shape index (κ3) is 6.19. The number of amides is 1. The van der Waals surface area contributed by atoms with Gasteiger partial charge in [0.15, 0.2) is 0 Å². The van der Waals surface area contributed by atoms with E-state index in [1.807, 2.05) is 23.1 Å². The molecule has 172 valence electrons. The number of halogens is 3. The Morgan fingerprint density at radius 1 is 0.879 bits per heavy atom. The molecule has 4 rings (SSSR count). The number of piperazine rings is 1. The lowest BCUT2D eigenvalue weighted by Crippen LogP contribution is -2.48. The minimum absolute atomic E-state index is 0.00809. The SMILES string of the molecule is O=C(c1ccc(NCc2cccc(OC(F)(F)F)c2)cc1)N1CCN(c2ccccc2)CC1. The molecule has 1 heterocycles. The van der Waals surface area contributed by atoms with Crippen LogP contribution in [0.5, 0.6) is 5.75 Å². The van der Waals surface area contributed by atoms with Crippen molar-refractivity contribution in [2.24, 2.45) is 0 Å². The monoisotopic (exact) mass is 455 g/mol. The number of nitrogens with zero attached hydrogens (tertiary/aromatic N) is 2. The van der Waals surface area contributed by atoms with Crippen LogP contribution in [-0.4, -0.2) is 43.3 Å². The maximum atomic E-state index is 12.9. The molecule has 5 nitrogen and oxygen atoms in total. The van der Waals surface area contributed by atoms with Gasteiger partial charge in [0.1, 0.15) is 5.75 Å². The van der Waals surface area contributed by atoms with Crippen LogP contribution in [0.3, 0.4) is 0 Å². The number of carbonyl (C=O) groups excluding carboxylic acids is 1. The average Bonchev–Trinajstić information content (AvgIpc) is 2.82. The number of ether oxygens (including phenoxy) is 1. The quantitative estimate of drug-likeness (QED) is 0.558. The first-order valence-corrected chi connectivity index (χ1v) is 10.7. The Hall–Kier alpha value is -3.68. The molecule has 0 aliphatic carbocycles. The van der Waals surface area contributed by atoms with Crippen molar-refractivity contribution in [1.82, 2.24) is 4.90 Å². The molecule has 0 atom stereocenters. The van der Waals surface area contributed by atoms with Gasteiger partial charge in [0, 0.05) is 49.7 Å². The van der Waals surface area contributed by atoms with E-state index in [4.69, 9.17) is 0 Å². The van der Waals surface area contributed by atoms with Crippen molar-refractivity contribution >= 4 is 17.3 Å². The molecule has 1 N–H and O–H groups in total. The van der Waals surface area contributed by atoms with E-state index in [1.165, 1.54) is 18.2 Å². The average molecular weight is 455 g/mol. The van der Waals surface area contributed by atoms with E-state index in [0.29, 0.717) is 30.8 Å².